The molecule has 0 fully saturated rings. The number of benzene rings is 3. The minimum atomic E-state index is -4.23. The normalized spacial score (nSPS) is 12.2. The van der Waals surface area contributed by atoms with Gasteiger partial charge in [0, 0.05) is 33.2 Å². The van der Waals surface area contributed by atoms with Gasteiger partial charge in [0.2, 0.25) is 11.8 Å². The van der Waals surface area contributed by atoms with Crippen LogP contribution in [0, 0.1) is 13.8 Å². The van der Waals surface area contributed by atoms with E-state index in [9.17, 15) is 18.0 Å². The third-order valence-electron chi connectivity index (χ3n) is 6.53. The molecular formula is C30H34Cl3N3O4S. The van der Waals surface area contributed by atoms with E-state index >= 15 is 0 Å². The topological polar surface area (TPSA) is 86.8 Å². The molecule has 0 aliphatic carbocycles. The third kappa shape index (κ3) is 7.95. The van der Waals surface area contributed by atoms with Crippen molar-refractivity contribution in [2.75, 3.05) is 10.8 Å². The lowest BCUT2D eigenvalue weighted by Gasteiger charge is -2.34. The van der Waals surface area contributed by atoms with E-state index in [0.717, 1.165) is 9.87 Å². The van der Waals surface area contributed by atoms with Gasteiger partial charge in [-0.1, -0.05) is 71.6 Å². The van der Waals surface area contributed by atoms with E-state index in [0.29, 0.717) is 26.2 Å². The molecule has 0 aliphatic heterocycles. The SMILES string of the molecule is CCC(C(=O)NC(C)C)N(Cc1c(Cl)cccc1Cl)C(=O)CN(c1cc(Cl)ccc1C)S(=O)(=O)c1ccc(C)cc1. The number of halogens is 3. The number of carbonyl (C=O) groups excluding carboxylic acids is 2. The second kappa shape index (κ2) is 13.9. The van der Waals surface area contributed by atoms with Gasteiger partial charge in [0.25, 0.3) is 10.0 Å². The number of sulfonamides is 1. The Morgan fingerprint density at radius 1 is 0.927 bits per heavy atom. The highest BCUT2D eigenvalue weighted by Gasteiger charge is 2.35. The average molecular weight is 639 g/mol. The first-order chi connectivity index (χ1) is 19.3. The summed E-state index contributed by atoms with van der Waals surface area (Å²) in [6.45, 7) is 8.31. The minimum Gasteiger partial charge on any atom is -0.352 e. The van der Waals surface area contributed by atoms with Gasteiger partial charge in [0.05, 0.1) is 10.6 Å². The summed E-state index contributed by atoms with van der Waals surface area (Å²) in [5.74, 6) is -0.979. The molecule has 2 amide bonds. The second-order valence-electron chi connectivity index (χ2n) is 10.1. The zero-order chi connectivity index (χ0) is 30.5. The largest absolute Gasteiger partial charge is 0.352 e. The van der Waals surface area contributed by atoms with Gasteiger partial charge in [-0.3, -0.25) is 13.9 Å². The molecule has 3 aromatic rings. The summed E-state index contributed by atoms with van der Waals surface area (Å²) in [5.41, 5.74) is 2.19. The Kier molecular flexibility index (Phi) is 11.1. The summed E-state index contributed by atoms with van der Waals surface area (Å²) < 4.78 is 29.1. The maximum Gasteiger partial charge on any atom is 0.264 e. The fourth-order valence-electron chi connectivity index (χ4n) is 4.36. The molecule has 1 atom stereocenters. The summed E-state index contributed by atoms with van der Waals surface area (Å²) >= 11 is 19.2. The third-order valence-corrected chi connectivity index (χ3v) is 9.25. The van der Waals surface area contributed by atoms with Crippen LogP contribution in [-0.4, -0.2) is 43.8 Å². The lowest BCUT2D eigenvalue weighted by molar-refractivity contribution is -0.140. The van der Waals surface area contributed by atoms with Crippen LogP contribution in [-0.2, 0) is 26.2 Å². The summed E-state index contributed by atoms with van der Waals surface area (Å²) in [4.78, 5) is 28.8. The Labute approximate surface area is 257 Å². The summed E-state index contributed by atoms with van der Waals surface area (Å²) in [6.07, 6.45) is 0.271. The van der Waals surface area contributed by atoms with E-state index in [1.54, 1.807) is 56.3 Å². The molecule has 0 aromatic heterocycles. The number of amides is 2. The zero-order valence-corrected chi connectivity index (χ0v) is 26.7. The molecule has 1 N–H and O–H groups in total. The van der Waals surface area contributed by atoms with Crippen molar-refractivity contribution >= 4 is 62.3 Å². The molecule has 220 valence electrons. The fraction of sp³-hybridized carbons (Fsp3) is 0.333. The number of hydrogen-bond acceptors (Lipinski definition) is 4. The highest BCUT2D eigenvalue weighted by atomic mass is 35.5. The molecule has 3 rings (SSSR count). The van der Waals surface area contributed by atoms with E-state index in [1.165, 1.54) is 23.1 Å². The molecule has 0 heterocycles. The number of aryl methyl sites for hydroxylation is 2. The van der Waals surface area contributed by atoms with Crippen LogP contribution < -0.4 is 9.62 Å². The van der Waals surface area contributed by atoms with Crippen molar-refractivity contribution in [3.05, 3.63) is 92.4 Å². The first-order valence-corrected chi connectivity index (χ1v) is 15.7. The minimum absolute atomic E-state index is 0.0144. The van der Waals surface area contributed by atoms with Crippen LogP contribution in [0.3, 0.4) is 0 Å². The van der Waals surface area contributed by atoms with Crippen molar-refractivity contribution < 1.29 is 18.0 Å². The molecule has 3 aromatic carbocycles. The van der Waals surface area contributed by atoms with Crippen LogP contribution in [0.2, 0.25) is 15.1 Å². The average Bonchev–Trinajstić information content (AvgIpc) is 2.90. The Bertz CT molecular complexity index is 1490. The number of carbonyl (C=O) groups is 2. The Balaban J connectivity index is 2.15. The van der Waals surface area contributed by atoms with E-state index in [1.807, 2.05) is 20.8 Å². The van der Waals surface area contributed by atoms with Crippen molar-refractivity contribution in [1.82, 2.24) is 10.2 Å². The van der Waals surface area contributed by atoms with Crippen LogP contribution in [0.4, 0.5) is 5.69 Å². The number of nitrogens with zero attached hydrogens (tertiary/aromatic N) is 2. The first-order valence-electron chi connectivity index (χ1n) is 13.1. The van der Waals surface area contributed by atoms with E-state index in [4.69, 9.17) is 34.8 Å². The summed E-state index contributed by atoms with van der Waals surface area (Å²) in [5, 5.41) is 3.82. The van der Waals surface area contributed by atoms with Crippen molar-refractivity contribution in [3.63, 3.8) is 0 Å². The monoisotopic (exact) mass is 637 g/mol. The number of rotatable bonds is 11. The summed E-state index contributed by atoms with van der Waals surface area (Å²) in [7, 11) is -4.23. The molecule has 0 saturated heterocycles. The smallest absolute Gasteiger partial charge is 0.264 e. The number of anilines is 1. The van der Waals surface area contributed by atoms with Gasteiger partial charge in [-0.05, 0) is 76.1 Å². The van der Waals surface area contributed by atoms with Gasteiger partial charge in [0.15, 0.2) is 0 Å². The molecule has 11 heteroatoms. The van der Waals surface area contributed by atoms with Crippen LogP contribution in [0.15, 0.2) is 65.6 Å². The zero-order valence-electron chi connectivity index (χ0n) is 23.6. The van der Waals surface area contributed by atoms with Gasteiger partial charge >= 0.3 is 0 Å². The standard InChI is InChI=1S/C30H34Cl3N3O4S/c1-6-27(30(38)34-19(2)3)35(17-24-25(32)8-7-9-26(24)33)29(37)18-36(28-16-22(31)13-12-21(28)5)41(39,40)23-14-10-20(4)11-15-23/h7-16,19,27H,6,17-18H2,1-5H3,(H,34,38). The van der Waals surface area contributed by atoms with Crippen molar-refractivity contribution in [2.45, 2.75) is 64.6 Å². The molecule has 1 unspecified atom stereocenters. The van der Waals surface area contributed by atoms with Crippen LogP contribution in [0.1, 0.15) is 43.9 Å². The van der Waals surface area contributed by atoms with Gasteiger partial charge in [0.1, 0.15) is 12.6 Å². The number of hydrogen-bond donors (Lipinski definition) is 1. The maximum atomic E-state index is 14.2. The predicted molar refractivity (Wildman–Crippen MR) is 166 cm³/mol. The second-order valence-corrected chi connectivity index (χ2v) is 13.2. The maximum absolute atomic E-state index is 14.2. The lowest BCUT2D eigenvalue weighted by atomic mass is 10.1. The Morgan fingerprint density at radius 2 is 1.54 bits per heavy atom. The molecule has 0 spiro atoms. The predicted octanol–water partition coefficient (Wildman–Crippen LogP) is 6.79. The number of nitrogens with one attached hydrogen (secondary N) is 1. The molecule has 0 bridgehead atoms. The lowest BCUT2D eigenvalue weighted by Crippen LogP contribution is -2.53. The molecule has 0 radical (unpaired) electrons. The van der Waals surface area contributed by atoms with E-state index in [-0.39, 0.29) is 35.5 Å². The van der Waals surface area contributed by atoms with Gasteiger partial charge in [-0.15, -0.1) is 0 Å². The molecule has 0 saturated carbocycles. The van der Waals surface area contributed by atoms with Gasteiger partial charge < -0.3 is 10.2 Å². The molecule has 41 heavy (non-hydrogen) atoms. The molecule has 0 aliphatic rings. The van der Waals surface area contributed by atoms with Gasteiger partial charge in [-0.2, -0.15) is 0 Å². The first kappa shape index (κ1) is 32.7. The fourth-order valence-corrected chi connectivity index (χ4v) is 6.51. The molecular weight excluding hydrogens is 605 g/mol. The van der Waals surface area contributed by atoms with Crippen molar-refractivity contribution in [2.24, 2.45) is 0 Å². The van der Waals surface area contributed by atoms with E-state index in [2.05, 4.69) is 5.32 Å². The highest BCUT2D eigenvalue weighted by Crippen LogP contribution is 2.31. The van der Waals surface area contributed by atoms with Crippen LogP contribution in [0.25, 0.3) is 0 Å². The van der Waals surface area contributed by atoms with Crippen LogP contribution >= 0.6 is 34.8 Å². The Hall–Kier alpha value is -2.78. The summed E-state index contributed by atoms with van der Waals surface area (Å²) in [6, 6.07) is 15.1. The van der Waals surface area contributed by atoms with E-state index < -0.39 is 28.5 Å². The quantitative estimate of drug-likeness (QED) is 0.251. The highest BCUT2D eigenvalue weighted by molar-refractivity contribution is 7.92. The molecule has 7 nitrogen and oxygen atoms in total. The van der Waals surface area contributed by atoms with Crippen molar-refractivity contribution in [1.29, 1.82) is 0 Å². The van der Waals surface area contributed by atoms with Crippen LogP contribution in [0.5, 0.6) is 0 Å². The van der Waals surface area contributed by atoms with Gasteiger partial charge in [-0.25, -0.2) is 8.42 Å². The van der Waals surface area contributed by atoms with Crippen molar-refractivity contribution in [3.8, 4) is 0 Å². The Morgan fingerprint density at radius 3 is 2.10 bits per heavy atom.